The number of nitrogens with one attached hydrogen (secondary N) is 1. The topological polar surface area (TPSA) is 75.4 Å². The highest BCUT2D eigenvalue weighted by atomic mass is 32.1. The lowest BCUT2D eigenvalue weighted by molar-refractivity contribution is -0.121. The van der Waals surface area contributed by atoms with Gasteiger partial charge >= 0.3 is 0 Å². The Bertz CT molecular complexity index is 1020. The van der Waals surface area contributed by atoms with Crippen molar-refractivity contribution in [1.29, 1.82) is 0 Å². The smallest absolute Gasteiger partial charge is 0.257 e. The minimum Gasteiger partial charge on any atom is -0.472 e. The molecule has 7 heteroatoms. The van der Waals surface area contributed by atoms with Gasteiger partial charge in [0.2, 0.25) is 5.91 Å². The summed E-state index contributed by atoms with van der Waals surface area (Å²) in [5.41, 5.74) is 3.80. The first-order chi connectivity index (χ1) is 15.0. The monoisotopic (exact) mass is 437 g/mol. The van der Waals surface area contributed by atoms with Gasteiger partial charge in [-0.15, -0.1) is 11.3 Å². The van der Waals surface area contributed by atoms with Gasteiger partial charge < -0.3 is 14.6 Å². The number of rotatable bonds is 6. The summed E-state index contributed by atoms with van der Waals surface area (Å²) in [7, 11) is 0. The number of furan rings is 1. The van der Waals surface area contributed by atoms with E-state index >= 15 is 0 Å². The van der Waals surface area contributed by atoms with E-state index in [9.17, 15) is 9.59 Å². The summed E-state index contributed by atoms with van der Waals surface area (Å²) in [4.78, 5) is 31.5. The van der Waals surface area contributed by atoms with E-state index in [-0.39, 0.29) is 17.7 Å². The van der Waals surface area contributed by atoms with E-state index in [1.807, 2.05) is 5.38 Å². The van der Waals surface area contributed by atoms with Crippen molar-refractivity contribution in [2.75, 3.05) is 18.4 Å². The number of benzene rings is 1. The number of piperidine rings is 1. The Kier molecular flexibility index (Phi) is 6.51. The average Bonchev–Trinajstić information content (AvgIpc) is 3.51. The molecule has 0 bridgehead atoms. The molecular formula is C24H27N3O3S. The van der Waals surface area contributed by atoms with Crippen LogP contribution in [-0.2, 0) is 4.79 Å². The first-order valence-electron chi connectivity index (χ1n) is 10.7. The van der Waals surface area contributed by atoms with E-state index in [0.29, 0.717) is 42.5 Å². The second kappa shape index (κ2) is 9.47. The zero-order chi connectivity index (χ0) is 21.8. The minimum atomic E-state index is -0.115. The van der Waals surface area contributed by atoms with Crippen molar-refractivity contribution in [3.05, 3.63) is 59.4 Å². The molecule has 1 N–H and O–H groups in total. The Labute approximate surface area is 186 Å². The third-order valence-electron chi connectivity index (χ3n) is 6.04. The number of anilines is 1. The molecule has 0 aliphatic carbocycles. The summed E-state index contributed by atoms with van der Waals surface area (Å²) in [6.07, 6.45) is 5.35. The van der Waals surface area contributed by atoms with Gasteiger partial charge in [-0.3, -0.25) is 9.59 Å². The number of likely N-dealkylation sites (tertiary alicyclic amines) is 1. The van der Waals surface area contributed by atoms with Crippen LogP contribution in [0.4, 0.5) is 5.13 Å². The van der Waals surface area contributed by atoms with Gasteiger partial charge in [-0.05, 0) is 36.8 Å². The van der Waals surface area contributed by atoms with Gasteiger partial charge in [0.05, 0.1) is 17.5 Å². The zero-order valence-corrected chi connectivity index (χ0v) is 18.7. The van der Waals surface area contributed by atoms with Gasteiger partial charge in [-0.25, -0.2) is 4.98 Å². The number of hydrogen-bond donors (Lipinski definition) is 1. The summed E-state index contributed by atoms with van der Waals surface area (Å²) < 4.78 is 4.99. The molecule has 1 fully saturated rings. The SMILES string of the molecule is CC[C@H](C)c1ccc(-c2csc(NC(=O)C3CCN(C(=O)c4ccoc4)CC3)n2)cc1. The summed E-state index contributed by atoms with van der Waals surface area (Å²) >= 11 is 1.44. The van der Waals surface area contributed by atoms with E-state index in [1.165, 1.54) is 29.4 Å². The quantitative estimate of drug-likeness (QED) is 0.560. The van der Waals surface area contributed by atoms with Crippen molar-refractivity contribution in [1.82, 2.24) is 9.88 Å². The third-order valence-corrected chi connectivity index (χ3v) is 6.80. The molecule has 4 rings (SSSR count). The van der Waals surface area contributed by atoms with E-state index in [0.717, 1.165) is 17.7 Å². The summed E-state index contributed by atoms with van der Waals surface area (Å²) in [5, 5.41) is 5.55. The van der Waals surface area contributed by atoms with Gasteiger partial charge in [-0.1, -0.05) is 38.1 Å². The van der Waals surface area contributed by atoms with E-state index < -0.39 is 0 Å². The molecule has 3 heterocycles. The standard InChI is InChI=1S/C24H27N3O3S/c1-3-16(2)17-4-6-18(7-5-17)21-15-31-24(25-21)26-22(28)19-8-11-27(12-9-19)23(29)20-10-13-30-14-20/h4-7,10,13-16,19H,3,8-9,11-12H2,1-2H3,(H,25,26,28)/t16-/m0/s1. The lowest BCUT2D eigenvalue weighted by Crippen LogP contribution is -2.41. The predicted octanol–water partition coefficient (Wildman–Crippen LogP) is 5.41. The first-order valence-corrected chi connectivity index (χ1v) is 11.6. The Morgan fingerprint density at radius 3 is 2.61 bits per heavy atom. The number of carbonyl (C=O) groups is 2. The van der Waals surface area contributed by atoms with Crippen LogP contribution in [-0.4, -0.2) is 34.8 Å². The molecule has 3 aromatic rings. The van der Waals surface area contributed by atoms with Gasteiger partial charge in [-0.2, -0.15) is 0 Å². The normalized spacial score (nSPS) is 15.6. The predicted molar refractivity (Wildman–Crippen MR) is 122 cm³/mol. The van der Waals surface area contributed by atoms with Crippen LogP contribution < -0.4 is 5.32 Å². The Morgan fingerprint density at radius 2 is 1.97 bits per heavy atom. The number of hydrogen-bond acceptors (Lipinski definition) is 5. The van der Waals surface area contributed by atoms with Crippen LogP contribution >= 0.6 is 11.3 Å². The van der Waals surface area contributed by atoms with Crippen LogP contribution in [0.15, 0.2) is 52.7 Å². The average molecular weight is 438 g/mol. The lowest BCUT2D eigenvalue weighted by atomic mass is 9.95. The fourth-order valence-electron chi connectivity index (χ4n) is 3.80. The van der Waals surface area contributed by atoms with Crippen LogP contribution in [0.1, 0.15) is 54.9 Å². The number of carbonyl (C=O) groups excluding carboxylic acids is 2. The Balaban J connectivity index is 1.32. The molecule has 1 aliphatic heterocycles. The van der Waals surface area contributed by atoms with Crippen molar-refractivity contribution in [3.63, 3.8) is 0 Å². The molecule has 2 aromatic heterocycles. The molecule has 1 atom stereocenters. The maximum atomic E-state index is 12.7. The lowest BCUT2D eigenvalue weighted by Gasteiger charge is -2.30. The molecule has 0 saturated carbocycles. The second-order valence-electron chi connectivity index (χ2n) is 8.04. The maximum Gasteiger partial charge on any atom is 0.257 e. The Morgan fingerprint density at radius 1 is 1.23 bits per heavy atom. The fourth-order valence-corrected chi connectivity index (χ4v) is 4.53. The molecule has 0 radical (unpaired) electrons. The maximum absolute atomic E-state index is 12.7. The number of nitrogens with zero attached hydrogens (tertiary/aromatic N) is 2. The van der Waals surface area contributed by atoms with E-state index in [4.69, 9.17) is 4.42 Å². The number of aromatic nitrogens is 1. The molecule has 1 saturated heterocycles. The van der Waals surface area contributed by atoms with Crippen molar-refractivity contribution in [2.24, 2.45) is 5.92 Å². The van der Waals surface area contributed by atoms with Crippen molar-refractivity contribution < 1.29 is 14.0 Å². The van der Waals surface area contributed by atoms with Gasteiger partial charge in [0.1, 0.15) is 6.26 Å². The van der Waals surface area contributed by atoms with Crippen molar-refractivity contribution in [2.45, 2.75) is 39.0 Å². The Hall–Kier alpha value is -2.93. The number of thiazole rings is 1. The molecule has 1 aliphatic rings. The van der Waals surface area contributed by atoms with Crippen LogP contribution in [0, 0.1) is 5.92 Å². The van der Waals surface area contributed by atoms with Crippen molar-refractivity contribution >= 4 is 28.3 Å². The van der Waals surface area contributed by atoms with Crippen LogP contribution in [0.25, 0.3) is 11.3 Å². The second-order valence-corrected chi connectivity index (χ2v) is 8.90. The van der Waals surface area contributed by atoms with Gasteiger partial charge in [0.15, 0.2) is 5.13 Å². The molecule has 0 unspecified atom stereocenters. The van der Waals surface area contributed by atoms with Gasteiger partial charge in [0, 0.05) is 30.0 Å². The zero-order valence-electron chi connectivity index (χ0n) is 17.8. The summed E-state index contributed by atoms with van der Waals surface area (Å²) in [5.74, 6) is 0.358. The van der Waals surface area contributed by atoms with E-state index in [2.05, 4.69) is 48.4 Å². The minimum absolute atomic E-state index is 0.0246. The largest absolute Gasteiger partial charge is 0.472 e. The molecule has 1 aromatic carbocycles. The van der Waals surface area contributed by atoms with Crippen molar-refractivity contribution in [3.8, 4) is 11.3 Å². The molecule has 2 amide bonds. The third kappa shape index (κ3) is 4.88. The number of amides is 2. The first kappa shape index (κ1) is 21.3. The summed E-state index contributed by atoms with van der Waals surface area (Å²) in [6, 6.07) is 10.2. The van der Waals surface area contributed by atoms with E-state index in [1.54, 1.807) is 11.0 Å². The van der Waals surface area contributed by atoms with Crippen LogP contribution in [0.3, 0.4) is 0 Å². The van der Waals surface area contributed by atoms with Crippen LogP contribution in [0.2, 0.25) is 0 Å². The van der Waals surface area contributed by atoms with Crippen LogP contribution in [0.5, 0.6) is 0 Å². The fraction of sp³-hybridized carbons (Fsp3) is 0.375. The highest BCUT2D eigenvalue weighted by Crippen LogP contribution is 2.28. The molecule has 0 spiro atoms. The molecule has 162 valence electrons. The molecule has 6 nitrogen and oxygen atoms in total. The molecule has 31 heavy (non-hydrogen) atoms. The molecular weight excluding hydrogens is 410 g/mol. The highest BCUT2D eigenvalue weighted by Gasteiger charge is 2.28. The highest BCUT2D eigenvalue weighted by molar-refractivity contribution is 7.14. The van der Waals surface area contributed by atoms with Gasteiger partial charge in [0.25, 0.3) is 5.91 Å². The summed E-state index contributed by atoms with van der Waals surface area (Å²) in [6.45, 7) is 5.54.